The number of carbonyl (C=O) groups excluding carboxylic acids is 3. The van der Waals surface area contributed by atoms with Gasteiger partial charge in [-0.2, -0.15) is 14.1 Å². The summed E-state index contributed by atoms with van der Waals surface area (Å²) in [6.07, 6.45) is 0.443. The number of carbonyl (C=O) groups is 3. The Bertz CT molecular complexity index is 2110. The Labute approximate surface area is 356 Å². The third-order valence-corrected chi connectivity index (χ3v) is 15.8. The first-order valence-corrected chi connectivity index (χ1v) is 25.1. The van der Waals surface area contributed by atoms with Crippen molar-refractivity contribution >= 4 is 53.2 Å². The fourth-order valence-electron chi connectivity index (χ4n) is 6.81. The van der Waals surface area contributed by atoms with Gasteiger partial charge in [0.25, 0.3) is 0 Å². The summed E-state index contributed by atoms with van der Waals surface area (Å²) >= 11 is 0. The number of sulfonamides is 1. The van der Waals surface area contributed by atoms with Crippen LogP contribution in [0.15, 0.2) is 36.4 Å². The van der Waals surface area contributed by atoms with E-state index in [-0.39, 0.29) is 25.6 Å². The van der Waals surface area contributed by atoms with E-state index in [9.17, 15) is 22.8 Å². The molecule has 334 valence electrons. The number of anilines is 1. The monoisotopic (exact) mass is 876 g/mol. The molecule has 2 amide bonds. The van der Waals surface area contributed by atoms with Crippen molar-refractivity contribution in [1.29, 1.82) is 0 Å². The fraction of sp³-hybridized carbons (Fsp3) is 0.628. The van der Waals surface area contributed by atoms with E-state index in [4.69, 9.17) is 28.5 Å². The Balaban J connectivity index is 1.73. The molecule has 1 atom stereocenters. The molecule has 1 fully saturated rings. The van der Waals surface area contributed by atoms with Crippen LogP contribution < -0.4 is 9.04 Å². The van der Waals surface area contributed by atoms with Crippen LogP contribution in [0.2, 0.25) is 18.1 Å². The second kappa shape index (κ2) is 18.8. The molecule has 4 rings (SSSR count). The molecular formula is C43H65FN4O10SSi. The molecule has 1 aliphatic carbocycles. The summed E-state index contributed by atoms with van der Waals surface area (Å²) < 4.78 is 73.5. The molecule has 0 N–H and O–H groups in total. The normalized spacial score (nSPS) is 14.6. The molecular weight excluding hydrogens is 812 g/mol. The maximum atomic E-state index is 15.7. The second-order valence-electron chi connectivity index (χ2n) is 18.4. The number of ether oxygens (including phenoxy) is 4. The lowest BCUT2D eigenvalue weighted by Gasteiger charge is -2.37. The molecule has 17 heteroatoms. The Morgan fingerprint density at radius 2 is 1.45 bits per heavy atom. The highest BCUT2D eigenvalue weighted by molar-refractivity contribution is 7.92. The van der Waals surface area contributed by atoms with Gasteiger partial charge in [0, 0.05) is 17.4 Å². The van der Waals surface area contributed by atoms with Crippen LogP contribution in [0.4, 0.5) is 24.5 Å². The lowest BCUT2D eigenvalue weighted by Crippen LogP contribution is -2.45. The van der Waals surface area contributed by atoms with Gasteiger partial charge in [0.1, 0.15) is 35.0 Å². The molecule has 0 radical (unpaired) electrons. The first-order valence-electron chi connectivity index (χ1n) is 20.8. The average molecular weight is 877 g/mol. The van der Waals surface area contributed by atoms with Crippen molar-refractivity contribution in [1.82, 2.24) is 14.7 Å². The molecule has 1 heterocycles. The van der Waals surface area contributed by atoms with Crippen LogP contribution in [0.25, 0.3) is 10.9 Å². The Kier molecular flexibility index (Phi) is 15.2. The summed E-state index contributed by atoms with van der Waals surface area (Å²) in [5.41, 5.74) is -1.48. The average Bonchev–Trinajstić information content (AvgIpc) is 3.45. The van der Waals surface area contributed by atoms with Crippen LogP contribution in [0, 0.1) is 5.82 Å². The zero-order valence-corrected chi connectivity index (χ0v) is 39.5. The van der Waals surface area contributed by atoms with Crippen molar-refractivity contribution in [2.24, 2.45) is 0 Å². The van der Waals surface area contributed by atoms with Gasteiger partial charge in [0.15, 0.2) is 8.32 Å². The predicted molar refractivity (Wildman–Crippen MR) is 232 cm³/mol. The number of fused-ring (bicyclic) bond motifs is 1. The van der Waals surface area contributed by atoms with Crippen LogP contribution >= 0.6 is 0 Å². The fourth-order valence-corrected chi connectivity index (χ4v) is 10.4. The molecule has 0 bridgehead atoms. The van der Waals surface area contributed by atoms with Gasteiger partial charge in [-0.05, 0) is 123 Å². The highest BCUT2D eigenvalue weighted by Crippen LogP contribution is 2.40. The topological polar surface area (TPSA) is 156 Å². The lowest BCUT2D eigenvalue weighted by atomic mass is 9.82. The maximum absolute atomic E-state index is 15.7. The van der Waals surface area contributed by atoms with Gasteiger partial charge < -0.3 is 28.3 Å². The summed E-state index contributed by atoms with van der Waals surface area (Å²) in [6, 6.07) is 11.4. The number of halogens is 1. The van der Waals surface area contributed by atoms with Gasteiger partial charge in [-0.15, -0.1) is 0 Å². The Morgan fingerprint density at radius 3 is 1.97 bits per heavy atom. The van der Waals surface area contributed by atoms with Crippen molar-refractivity contribution in [3.05, 3.63) is 53.5 Å². The van der Waals surface area contributed by atoms with E-state index in [1.165, 1.54) is 21.7 Å². The van der Waals surface area contributed by atoms with Gasteiger partial charge in [-0.1, -0.05) is 33.3 Å². The molecule has 2 aromatic carbocycles. The number of amides is 2. The molecule has 3 aromatic rings. The Hall–Kier alpha value is -4.22. The number of rotatable bonds is 15. The highest BCUT2D eigenvalue weighted by Gasteiger charge is 2.37. The largest absolute Gasteiger partial charge is 0.492 e. The molecule has 1 aromatic heterocycles. The SMILES string of the molecule is CC[Si](CC)(CC)O[C@@H](CN(CCOc1ccc2c(C3CCC3)nn(C(=O)OC(C)(C)C)c2c1)C(=O)OC(C)(C)C)c1ccc(F)c(N(C(=O)OC(C)(C)C)S(C)(=O)=O)c1. The van der Waals surface area contributed by atoms with Crippen LogP contribution in [0.5, 0.6) is 5.75 Å². The van der Waals surface area contributed by atoms with E-state index < -0.39 is 71.0 Å². The molecule has 60 heavy (non-hydrogen) atoms. The van der Waals surface area contributed by atoms with Crippen molar-refractivity contribution in [3.8, 4) is 5.75 Å². The molecule has 0 aliphatic heterocycles. The first-order chi connectivity index (χ1) is 27.7. The first kappa shape index (κ1) is 48.4. The lowest BCUT2D eigenvalue weighted by molar-refractivity contribution is 0.0131. The summed E-state index contributed by atoms with van der Waals surface area (Å²) in [4.78, 5) is 42.0. The third kappa shape index (κ3) is 12.7. The quantitative estimate of drug-likeness (QED) is 0.106. The number of aromatic nitrogens is 2. The third-order valence-electron chi connectivity index (χ3n) is 10.2. The van der Waals surface area contributed by atoms with E-state index >= 15 is 4.39 Å². The van der Waals surface area contributed by atoms with Crippen LogP contribution in [0.1, 0.15) is 126 Å². The smallest absolute Gasteiger partial charge is 0.435 e. The molecule has 1 aliphatic rings. The summed E-state index contributed by atoms with van der Waals surface area (Å²) in [7, 11) is -6.85. The number of hydrogen-bond acceptors (Lipinski definition) is 11. The summed E-state index contributed by atoms with van der Waals surface area (Å²) in [5.74, 6) is -0.287. The van der Waals surface area contributed by atoms with E-state index in [1.807, 2.05) is 26.8 Å². The van der Waals surface area contributed by atoms with E-state index in [0.717, 1.165) is 60.8 Å². The van der Waals surface area contributed by atoms with Crippen molar-refractivity contribution in [2.75, 3.05) is 30.3 Å². The van der Waals surface area contributed by atoms with Gasteiger partial charge >= 0.3 is 18.3 Å². The van der Waals surface area contributed by atoms with Gasteiger partial charge in [0.05, 0.1) is 42.3 Å². The van der Waals surface area contributed by atoms with Crippen LogP contribution in [0.3, 0.4) is 0 Å². The second-order valence-corrected chi connectivity index (χ2v) is 25.0. The van der Waals surface area contributed by atoms with Gasteiger partial charge in [-0.25, -0.2) is 27.2 Å². The molecule has 14 nitrogen and oxygen atoms in total. The highest BCUT2D eigenvalue weighted by atomic mass is 32.2. The molecule has 0 spiro atoms. The van der Waals surface area contributed by atoms with E-state index in [1.54, 1.807) is 74.4 Å². The number of nitrogens with zero attached hydrogens (tertiary/aromatic N) is 4. The van der Waals surface area contributed by atoms with E-state index in [2.05, 4.69) is 0 Å². The molecule has 0 unspecified atom stereocenters. The minimum absolute atomic E-state index is 0.000594. The van der Waals surface area contributed by atoms with Crippen molar-refractivity contribution in [2.45, 2.75) is 149 Å². The summed E-state index contributed by atoms with van der Waals surface area (Å²) in [5, 5.41) is 5.53. The number of hydrogen-bond donors (Lipinski definition) is 0. The van der Waals surface area contributed by atoms with E-state index in [0.29, 0.717) is 21.1 Å². The maximum Gasteiger partial charge on any atom is 0.435 e. The van der Waals surface area contributed by atoms with Crippen molar-refractivity contribution < 1.29 is 50.6 Å². The van der Waals surface area contributed by atoms with Crippen LogP contribution in [-0.2, 0) is 28.7 Å². The predicted octanol–water partition coefficient (Wildman–Crippen LogP) is 10.3. The standard InChI is InChI=1S/C43H65FN4O10SSi/c1-14-60(15-2,16-3)58-36(30-20-23-33(44)35(26-30)48(59(13,52)53)40(51)57-43(10,11)12)28-46(38(49)55-41(4,5)6)24-25-54-31-21-22-32-34(27-31)47(39(50)56-42(7,8)9)45-37(32)29-18-17-19-29/h20-23,26-27,29,36H,14-19,24-25,28H2,1-13H3/t36-/m0/s1. The minimum Gasteiger partial charge on any atom is -0.492 e. The zero-order valence-electron chi connectivity index (χ0n) is 37.6. The number of benzene rings is 2. The molecule has 0 saturated heterocycles. The van der Waals surface area contributed by atoms with Gasteiger partial charge in [-0.3, -0.25) is 0 Å². The van der Waals surface area contributed by atoms with Crippen LogP contribution in [-0.4, -0.2) is 92.5 Å². The Morgan fingerprint density at radius 1 is 0.867 bits per heavy atom. The van der Waals surface area contributed by atoms with Gasteiger partial charge in [0.2, 0.25) is 10.0 Å². The zero-order chi connectivity index (χ0) is 45.0. The molecule has 1 saturated carbocycles. The van der Waals surface area contributed by atoms with Crippen molar-refractivity contribution in [3.63, 3.8) is 0 Å². The summed E-state index contributed by atoms with van der Waals surface area (Å²) in [6.45, 7) is 21.4. The minimum atomic E-state index is -4.38.